The van der Waals surface area contributed by atoms with Crippen molar-refractivity contribution < 1.29 is 19.1 Å². The molecule has 26 heavy (non-hydrogen) atoms. The Kier molecular flexibility index (Phi) is 4.26. The van der Waals surface area contributed by atoms with Gasteiger partial charge in [-0.2, -0.15) is 0 Å². The van der Waals surface area contributed by atoms with E-state index >= 15 is 0 Å². The number of nitrogens with zero attached hydrogens (tertiary/aromatic N) is 2. The molecule has 136 valence electrons. The van der Waals surface area contributed by atoms with Crippen LogP contribution < -0.4 is 0 Å². The molecule has 1 aliphatic heterocycles. The molecule has 0 aromatic carbocycles. The summed E-state index contributed by atoms with van der Waals surface area (Å²) >= 11 is 0. The standard InChI is InChI=1S/C20H22N2O4/c1-12-14(8-9-15(21-12)18-7-4-10-26-18)19(23)22-16-6-3-2-5-13(16)11-17(22)20(24)25/h4,7-10,13,16-17H,2-3,5-6,11H2,1H3,(H,24,25). The van der Waals surface area contributed by atoms with Gasteiger partial charge in [0.05, 0.1) is 17.5 Å². The third-order valence-electron chi connectivity index (χ3n) is 5.70. The second-order valence-corrected chi connectivity index (χ2v) is 7.22. The zero-order valence-corrected chi connectivity index (χ0v) is 14.7. The lowest BCUT2D eigenvalue weighted by Crippen LogP contribution is -2.46. The third-order valence-corrected chi connectivity index (χ3v) is 5.70. The van der Waals surface area contributed by atoms with Gasteiger partial charge < -0.3 is 14.4 Å². The maximum Gasteiger partial charge on any atom is 0.326 e. The lowest BCUT2D eigenvalue weighted by atomic mass is 9.84. The first-order valence-electron chi connectivity index (χ1n) is 9.13. The normalized spacial score (nSPS) is 25.1. The van der Waals surface area contributed by atoms with Gasteiger partial charge in [0.25, 0.3) is 5.91 Å². The van der Waals surface area contributed by atoms with Crippen molar-refractivity contribution in [1.82, 2.24) is 9.88 Å². The second kappa shape index (κ2) is 6.59. The van der Waals surface area contributed by atoms with E-state index in [2.05, 4.69) is 4.98 Å². The predicted molar refractivity (Wildman–Crippen MR) is 94.6 cm³/mol. The van der Waals surface area contributed by atoms with E-state index in [1.807, 2.05) is 6.07 Å². The number of carbonyl (C=O) groups excluding carboxylic acids is 1. The molecule has 0 radical (unpaired) electrons. The van der Waals surface area contributed by atoms with Gasteiger partial charge >= 0.3 is 5.97 Å². The molecule has 2 aromatic rings. The molecule has 0 spiro atoms. The van der Waals surface area contributed by atoms with Gasteiger partial charge in [0.1, 0.15) is 11.7 Å². The summed E-state index contributed by atoms with van der Waals surface area (Å²) in [6, 6.07) is 6.38. The Hall–Kier alpha value is -2.63. The molecule has 3 unspecified atom stereocenters. The first kappa shape index (κ1) is 16.8. The van der Waals surface area contributed by atoms with E-state index in [4.69, 9.17) is 4.42 Å². The van der Waals surface area contributed by atoms with Crippen LogP contribution in [0.25, 0.3) is 11.5 Å². The fraction of sp³-hybridized carbons (Fsp3) is 0.450. The van der Waals surface area contributed by atoms with E-state index in [-0.39, 0.29) is 11.9 Å². The Morgan fingerprint density at radius 3 is 2.73 bits per heavy atom. The van der Waals surface area contributed by atoms with Crippen molar-refractivity contribution in [3.8, 4) is 11.5 Å². The number of pyridine rings is 1. The summed E-state index contributed by atoms with van der Waals surface area (Å²) in [6.45, 7) is 1.78. The minimum Gasteiger partial charge on any atom is -0.480 e. The Morgan fingerprint density at radius 1 is 1.23 bits per heavy atom. The number of carboxylic acids is 1. The van der Waals surface area contributed by atoms with Crippen molar-refractivity contribution in [2.45, 2.75) is 51.1 Å². The highest BCUT2D eigenvalue weighted by molar-refractivity contribution is 5.98. The Balaban J connectivity index is 1.66. The third kappa shape index (κ3) is 2.79. The van der Waals surface area contributed by atoms with E-state index in [1.54, 1.807) is 36.3 Å². The van der Waals surface area contributed by atoms with E-state index in [0.29, 0.717) is 35.1 Å². The number of rotatable bonds is 3. The summed E-state index contributed by atoms with van der Waals surface area (Å²) in [5.74, 6) is -0.193. The zero-order valence-electron chi connectivity index (χ0n) is 14.7. The summed E-state index contributed by atoms with van der Waals surface area (Å²) in [5, 5.41) is 9.64. The van der Waals surface area contributed by atoms with Crippen LogP contribution in [-0.2, 0) is 4.79 Å². The Bertz CT molecular complexity index is 830. The van der Waals surface area contributed by atoms with Crippen LogP contribution in [0.4, 0.5) is 0 Å². The van der Waals surface area contributed by atoms with Gasteiger partial charge in [-0.1, -0.05) is 12.8 Å². The quantitative estimate of drug-likeness (QED) is 0.912. The summed E-state index contributed by atoms with van der Waals surface area (Å²) in [6.07, 6.45) is 6.20. The van der Waals surface area contributed by atoms with Crippen LogP contribution in [0, 0.1) is 12.8 Å². The first-order valence-corrected chi connectivity index (χ1v) is 9.13. The van der Waals surface area contributed by atoms with Crippen LogP contribution >= 0.6 is 0 Å². The van der Waals surface area contributed by atoms with Crippen LogP contribution in [0.5, 0.6) is 0 Å². The molecule has 1 saturated carbocycles. The number of aromatic nitrogens is 1. The highest BCUT2D eigenvalue weighted by Gasteiger charge is 2.47. The van der Waals surface area contributed by atoms with Gasteiger partial charge in [0.15, 0.2) is 5.76 Å². The molecule has 3 heterocycles. The Morgan fingerprint density at radius 2 is 2.04 bits per heavy atom. The molecule has 3 atom stereocenters. The fourth-order valence-electron chi connectivity index (χ4n) is 4.46. The number of hydrogen-bond donors (Lipinski definition) is 1. The minimum atomic E-state index is -0.912. The highest BCUT2D eigenvalue weighted by atomic mass is 16.4. The van der Waals surface area contributed by atoms with Crippen LogP contribution in [0.2, 0.25) is 0 Å². The fourth-order valence-corrected chi connectivity index (χ4v) is 4.46. The van der Waals surface area contributed by atoms with Crippen molar-refractivity contribution >= 4 is 11.9 Å². The van der Waals surface area contributed by atoms with E-state index < -0.39 is 12.0 Å². The SMILES string of the molecule is Cc1nc(-c2ccco2)ccc1C(=O)N1C(C(=O)O)CC2CCCCC21. The van der Waals surface area contributed by atoms with Gasteiger partial charge in [-0.25, -0.2) is 9.78 Å². The molecule has 6 nitrogen and oxygen atoms in total. The first-order chi connectivity index (χ1) is 12.6. The summed E-state index contributed by atoms with van der Waals surface area (Å²) in [7, 11) is 0. The van der Waals surface area contributed by atoms with Gasteiger partial charge in [0, 0.05) is 6.04 Å². The van der Waals surface area contributed by atoms with Crippen LogP contribution in [0.15, 0.2) is 34.9 Å². The molecule has 1 saturated heterocycles. The molecule has 2 aliphatic rings. The topological polar surface area (TPSA) is 83.6 Å². The maximum atomic E-state index is 13.2. The van der Waals surface area contributed by atoms with Gasteiger partial charge in [-0.3, -0.25) is 4.79 Å². The zero-order chi connectivity index (χ0) is 18.3. The molecule has 1 aliphatic carbocycles. The van der Waals surface area contributed by atoms with Crippen molar-refractivity contribution in [2.24, 2.45) is 5.92 Å². The molecule has 1 N–H and O–H groups in total. The number of aliphatic carboxylic acids is 1. The highest BCUT2D eigenvalue weighted by Crippen LogP contribution is 2.40. The average Bonchev–Trinajstić information content (AvgIpc) is 3.29. The van der Waals surface area contributed by atoms with E-state index in [1.165, 1.54) is 0 Å². The molecular formula is C20H22N2O4. The van der Waals surface area contributed by atoms with Crippen molar-refractivity contribution in [3.05, 3.63) is 41.8 Å². The number of carbonyl (C=O) groups is 2. The van der Waals surface area contributed by atoms with Crippen LogP contribution in [0.1, 0.15) is 48.2 Å². The maximum absolute atomic E-state index is 13.2. The van der Waals surface area contributed by atoms with E-state index in [0.717, 1.165) is 25.7 Å². The number of furan rings is 1. The molecule has 2 fully saturated rings. The van der Waals surface area contributed by atoms with Crippen LogP contribution in [0.3, 0.4) is 0 Å². The summed E-state index contributed by atoms with van der Waals surface area (Å²) < 4.78 is 5.36. The molecule has 2 aromatic heterocycles. The minimum absolute atomic E-state index is 0.0292. The predicted octanol–water partition coefficient (Wildman–Crippen LogP) is 3.51. The number of aryl methyl sites for hydroxylation is 1. The lowest BCUT2D eigenvalue weighted by Gasteiger charge is -2.33. The second-order valence-electron chi connectivity index (χ2n) is 7.22. The Labute approximate surface area is 151 Å². The van der Waals surface area contributed by atoms with Crippen molar-refractivity contribution in [1.29, 1.82) is 0 Å². The number of likely N-dealkylation sites (tertiary alicyclic amines) is 1. The molecular weight excluding hydrogens is 332 g/mol. The van der Waals surface area contributed by atoms with Gasteiger partial charge in [0.2, 0.25) is 0 Å². The largest absolute Gasteiger partial charge is 0.480 e. The number of amides is 1. The summed E-state index contributed by atoms with van der Waals surface area (Å²) in [5.41, 5.74) is 1.72. The van der Waals surface area contributed by atoms with Crippen LogP contribution in [-0.4, -0.2) is 39.0 Å². The van der Waals surface area contributed by atoms with Crippen molar-refractivity contribution in [3.63, 3.8) is 0 Å². The van der Waals surface area contributed by atoms with E-state index in [9.17, 15) is 14.7 Å². The van der Waals surface area contributed by atoms with Gasteiger partial charge in [-0.15, -0.1) is 0 Å². The molecule has 6 heteroatoms. The van der Waals surface area contributed by atoms with Gasteiger partial charge in [-0.05, 0) is 56.4 Å². The lowest BCUT2D eigenvalue weighted by molar-refractivity contribution is -0.141. The monoisotopic (exact) mass is 354 g/mol. The number of hydrogen-bond acceptors (Lipinski definition) is 4. The average molecular weight is 354 g/mol. The van der Waals surface area contributed by atoms with Crippen molar-refractivity contribution in [2.75, 3.05) is 0 Å². The molecule has 1 amide bonds. The molecule has 4 rings (SSSR count). The number of carboxylic acid groups (broad SMARTS) is 1. The number of fused-ring (bicyclic) bond motifs is 1. The summed E-state index contributed by atoms with van der Waals surface area (Å²) in [4.78, 5) is 31.1. The molecule has 0 bridgehead atoms. The smallest absolute Gasteiger partial charge is 0.326 e.